The summed E-state index contributed by atoms with van der Waals surface area (Å²) in [5.74, 6) is -0.297. The number of anilines is 1. The molecule has 2 amide bonds. The molecule has 0 spiro atoms. The molecule has 2 heterocycles. The van der Waals surface area contributed by atoms with Crippen molar-refractivity contribution in [3.8, 4) is 5.75 Å². The van der Waals surface area contributed by atoms with Crippen LogP contribution in [-0.4, -0.2) is 28.6 Å². The van der Waals surface area contributed by atoms with E-state index in [1.807, 2.05) is 30.7 Å². The Morgan fingerprint density at radius 1 is 1.12 bits per heavy atom. The fourth-order valence-corrected chi connectivity index (χ4v) is 2.83. The van der Waals surface area contributed by atoms with Crippen molar-refractivity contribution < 1.29 is 14.3 Å². The second-order valence-corrected chi connectivity index (χ2v) is 6.00. The molecular formula is C18H17N3O3S. The highest BCUT2D eigenvalue weighted by molar-refractivity contribution is 7.80. The van der Waals surface area contributed by atoms with Gasteiger partial charge in [0, 0.05) is 18.4 Å². The molecule has 1 fully saturated rings. The second kappa shape index (κ2) is 6.52. The minimum absolute atomic E-state index is 0.0330. The molecular weight excluding hydrogens is 338 g/mol. The van der Waals surface area contributed by atoms with Gasteiger partial charge in [0.15, 0.2) is 5.11 Å². The topological polar surface area (TPSA) is 63.6 Å². The molecule has 1 N–H and O–H groups in total. The highest BCUT2D eigenvalue weighted by Crippen LogP contribution is 2.24. The zero-order valence-electron chi connectivity index (χ0n) is 14.1. The number of nitrogens with one attached hydrogen (secondary N) is 1. The maximum Gasteiger partial charge on any atom is 0.270 e. The van der Waals surface area contributed by atoms with Crippen LogP contribution in [0.5, 0.6) is 5.75 Å². The van der Waals surface area contributed by atoms with E-state index in [0.717, 1.165) is 11.4 Å². The molecule has 1 aromatic heterocycles. The first kappa shape index (κ1) is 16.9. The lowest BCUT2D eigenvalue weighted by molar-refractivity contribution is -0.122. The van der Waals surface area contributed by atoms with Gasteiger partial charge in [-0.1, -0.05) is 0 Å². The molecule has 6 nitrogen and oxygen atoms in total. The van der Waals surface area contributed by atoms with E-state index in [1.165, 1.54) is 4.90 Å². The van der Waals surface area contributed by atoms with Crippen LogP contribution in [0.15, 0.2) is 42.0 Å². The second-order valence-electron chi connectivity index (χ2n) is 5.61. The molecule has 0 saturated carbocycles. The molecule has 1 aliphatic rings. The average molecular weight is 355 g/mol. The highest BCUT2D eigenvalue weighted by atomic mass is 32.1. The van der Waals surface area contributed by atoms with Gasteiger partial charge < -0.3 is 9.30 Å². The standard InChI is InChI=1S/C18H17N3O3S/c1-11-4-5-13(20(11)2)10-15-16(22)19-18(25)21(17(15)23)12-6-8-14(24-3)9-7-12/h4-10H,1-3H3,(H,19,22,25)/b15-10+. The summed E-state index contributed by atoms with van der Waals surface area (Å²) in [4.78, 5) is 26.5. The van der Waals surface area contributed by atoms with Crippen LogP contribution in [0.25, 0.3) is 6.08 Å². The van der Waals surface area contributed by atoms with Crippen molar-refractivity contribution >= 4 is 40.9 Å². The number of hydrogen-bond donors (Lipinski definition) is 1. The molecule has 0 atom stereocenters. The number of hydrogen-bond acceptors (Lipinski definition) is 4. The summed E-state index contributed by atoms with van der Waals surface area (Å²) < 4.78 is 7.02. The molecule has 1 saturated heterocycles. The Morgan fingerprint density at radius 2 is 1.80 bits per heavy atom. The van der Waals surface area contributed by atoms with Gasteiger partial charge in [-0.15, -0.1) is 0 Å². The minimum atomic E-state index is -0.501. The fourth-order valence-electron chi connectivity index (χ4n) is 2.55. The normalized spacial score (nSPS) is 16.4. The van der Waals surface area contributed by atoms with Gasteiger partial charge in [-0.25, -0.2) is 0 Å². The summed E-state index contributed by atoms with van der Waals surface area (Å²) >= 11 is 5.18. The van der Waals surface area contributed by atoms with Crippen molar-refractivity contribution in [3.63, 3.8) is 0 Å². The summed E-state index contributed by atoms with van der Waals surface area (Å²) in [6.07, 6.45) is 1.57. The van der Waals surface area contributed by atoms with Crippen molar-refractivity contribution in [1.82, 2.24) is 9.88 Å². The molecule has 128 valence electrons. The van der Waals surface area contributed by atoms with Crippen LogP contribution in [0.3, 0.4) is 0 Å². The average Bonchev–Trinajstić information content (AvgIpc) is 2.91. The number of nitrogens with zero attached hydrogens (tertiary/aromatic N) is 2. The maximum atomic E-state index is 12.9. The molecule has 0 radical (unpaired) electrons. The van der Waals surface area contributed by atoms with Crippen LogP contribution in [0, 0.1) is 6.92 Å². The van der Waals surface area contributed by atoms with Crippen molar-refractivity contribution in [3.05, 3.63) is 53.4 Å². The van der Waals surface area contributed by atoms with Gasteiger partial charge >= 0.3 is 0 Å². The predicted molar refractivity (Wildman–Crippen MR) is 99.3 cm³/mol. The minimum Gasteiger partial charge on any atom is -0.497 e. The Balaban J connectivity index is 2.00. The number of carbonyl (C=O) groups is 2. The van der Waals surface area contributed by atoms with Crippen molar-refractivity contribution in [2.75, 3.05) is 12.0 Å². The van der Waals surface area contributed by atoms with E-state index in [1.54, 1.807) is 37.5 Å². The maximum absolute atomic E-state index is 12.9. The van der Waals surface area contributed by atoms with E-state index in [9.17, 15) is 9.59 Å². The van der Waals surface area contributed by atoms with Crippen LogP contribution >= 0.6 is 12.2 Å². The Hall–Kier alpha value is -2.93. The first-order valence-electron chi connectivity index (χ1n) is 7.60. The zero-order valence-corrected chi connectivity index (χ0v) is 14.9. The Labute approximate surface area is 150 Å². The summed E-state index contributed by atoms with van der Waals surface area (Å²) in [6.45, 7) is 1.95. The third-order valence-electron chi connectivity index (χ3n) is 4.14. The number of aryl methyl sites for hydroxylation is 1. The van der Waals surface area contributed by atoms with Gasteiger partial charge in [0.25, 0.3) is 11.8 Å². The molecule has 3 rings (SSSR count). The number of thiocarbonyl (C=S) groups is 1. The van der Waals surface area contributed by atoms with Gasteiger partial charge in [0.05, 0.1) is 12.8 Å². The van der Waals surface area contributed by atoms with E-state index in [-0.39, 0.29) is 10.7 Å². The van der Waals surface area contributed by atoms with Crippen molar-refractivity contribution in [1.29, 1.82) is 0 Å². The number of amides is 2. The summed E-state index contributed by atoms with van der Waals surface area (Å²) in [5, 5.41) is 2.63. The molecule has 0 bridgehead atoms. The third-order valence-corrected chi connectivity index (χ3v) is 4.42. The summed E-state index contributed by atoms with van der Waals surface area (Å²) in [5.41, 5.74) is 2.38. The number of carbonyl (C=O) groups excluding carboxylic acids is 2. The Kier molecular flexibility index (Phi) is 4.41. The van der Waals surface area contributed by atoms with Crippen LogP contribution in [0.2, 0.25) is 0 Å². The first-order chi connectivity index (χ1) is 11.9. The van der Waals surface area contributed by atoms with Crippen molar-refractivity contribution in [2.24, 2.45) is 7.05 Å². The van der Waals surface area contributed by atoms with Gasteiger partial charge in [0.1, 0.15) is 11.3 Å². The number of ether oxygens (including phenoxy) is 1. The monoisotopic (exact) mass is 355 g/mol. The molecule has 25 heavy (non-hydrogen) atoms. The number of aromatic nitrogens is 1. The summed E-state index contributed by atoms with van der Waals surface area (Å²) in [7, 11) is 3.44. The summed E-state index contributed by atoms with van der Waals surface area (Å²) in [6, 6.07) is 10.7. The molecule has 1 aromatic carbocycles. The van der Waals surface area contributed by atoms with Crippen LogP contribution in [0.4, 0.5) is 5.69 Å². The van der Waals surface area contributed by atoms with Crippen LogP contribution < -0.4 is 15.0 Å². The van der Waals surface area contributed by atoms with Gasteiger partial charge in [0.2, 0.25) is 0 Å². The zero-order chi connectivity index (χ0) is 18.1. The number of methoxy groups -OCH3 is 1. The smallest absolute Gasteiger partial charge is 0.270 e. The van der Waals surface area contributed by atoms with Crippen molar-refractivity contribution in [2.45, 2.75) is 6.92 Å². The van der Waals surface area contributed by atoms with E-state index in [2.05, 4.69) is 5.32 Å². The van der Waals surface area contributed by atoms with E-state index >= 15 is 0 Å². The lowest BCUT2D eigenvalue weighted by Gasteiger charge is -2.29. The molecule has 2 aromatic rings. The van der Waals surface area contributed by atoms with Gasteiger partial charge in [-0.2, -0.15) is 0 Å². The lowest BCUT2D eigenvalue weighted by Crippen LogP contribution is -2.54. The Bertz CT molecular complexity index is 897. The lowest BCUT2D eigenvalue weighted by atomic mass is 10.1. The quantitative estimate of drug-likeness (QED) is 0.521. The number of benzene rings is 1. The van der Waals surface area contributed by atoms with E-state index in [4.69, 9.17) is 17.0 Å². The van der Waals surface area contributed by atoms with Crippen LogP contribution in [0.1, 0.15) is 11.4 Å². The van der Waals surface area contributed by atoms with Gasteiger partial charge in [-0.3, -0.25) is 19.8 Å². The molecule has 0 unspecified atom stereocenters. The SMILES string of the molecule is COc1ccc(N2C(=O)/C(=C/c3ccc(C)n3C)C(=O)NC2=S)cc1. The first-order valence-corrected chi connectivity index (χ1v) is 8.01. The van der Waals surface area contributed by atoms with Gasteiger partial charge in [-0.05, 0) is 61.6 Å². The number of rotatable bonds is 3. The van der Waals surface area contributed by atoms with E-state index in [0.29, 0.717) is 11.4 Å². The Morgan fingerprint density at radius 3 is 2.36 bits per heavy atom. The molecule has 1 aliphatic heterocycles. The molecule has 0 aliphatic carbocycles. The predicted octanol–water partition coefficient (Wildman–Crippen LogP) is 2.17. The fraction of sp³-hybridized carbons (Fsp3) is 0.167. The third kappa shape index (κ3) is 3.06. The van der Waals surface area contributed by atoms with Crippen LogP contribution in [-0.2, 0) is 16.6 Å². The highest BCUT2D eigenvalue weighted by Gasteiger charge is 2.34. The largest absolute Gasteiger partial charge is 0.497 e. The molecule has 7 heteroatoms. The van der Waals surface area contributed by atoms with E-state index < -0.39 is 11.8 Å².